The zero-order valence-electron chi connectivity index (χ0n) is 9.95. The Balaban J connectivity index is 2.48. The van der Waals surface area contributed by atoms with E-state index in [0.717, 1.165) is 16.8 Å². The molecule has 110 valence electrons. The normalized spacial score (nSPS) is 11.2. The number of aromatic nitrogens is 2. The minimum atomic E-state index is -4.86. The third-order valence-electron chi connectivity index (χ3n) is 2.30. The molecule has 0 unspecified atom stereocenters. The van der Waals surface area contributed by atoms with Crippen LogP contribution in [-0.4, -0.2) is 16.1 Å². The van der Waals surface area contributed by atoms with E-state index in [0.29, 0.717) is 0 Å². The van der Waals surface area contributed by atoms with Crippen LogP contribution in [0.25, 0.3) is 5.69 Å². The van der Waals surface area contributed by atoms with Crippen LogP contribution in [0.3, 0.4) is 0 Å². The van der Waals surface area contributed by atoms with Crippen molar-refractivity contribution in [1.82, 2.24) is 9.78 Å². The van der Waals surface area contributed by atoms with Crippen LogP contribution in [0.5, 0.6) is 5.75 Å². The lowest BCUT2D eigenvalue weighted by atomic mass is 10.3. The second-order valence-electron chi connectivity index (χ2n) is 3.77. The van der Waals surface area contributed by atoms with Gasteiger partial charge in [0.1, 0.15) is 17.5 Å². The highest BCUT2D eigenvalue weighted by Gasteiger charge is 2.31. The topological polar surface area (TPSA) is 76.9 Å². The Bertz CT molecular complexity index is 713. The summed E-state index contributed by atoms with van der Waals surface area (Å²) in [6.45, 7) is 0. The van der Waals surface area contributed by atoms with Crippen LogP contribution >= 0.6 is 23.2 Å². The van der Waals surface area contributed by atoms with Gasteiger partial charge in [0.25, 0.3) is 0 Å². The Labute approximate surface area is 126 Å². The summed E-state index contributed by atoms with van der Waals surface area (Å²) in [5.41, 5.74) is 5.65. The first kappa shape index (κ1) is 15.3. The van der Waals surface area contributed by atoms with E-state index in [9.17, 15) is 13.2 Å². The number of hydrogen-bond donors (Lipinski definition) is 1. The number of benzene rings is 1. The first-order chi connectivity index (χ1) is 9.71. The van der Waals surface area contributed by atoms with E-state index >= 15 is 0 Å². The van der Waals surface area contributed by atoms with Gasteiger partial charge >= 0.3 is 6.36 Å². The van der Waals surface area contributed by atoms with Crippen LogP contribution in [0.15, 0.2) is 18.3 Å². The predicted molar refractivity (Wildman–Crippen MR) is 69.4 cm³/mol. The number of alkyl halides is 3. The molecule has 0 fully saturated rings. The fourth-order valence-corrected chi connectivity index (χ4v) is 2.18. The molecule has 0 aliphatic heterocycles. The number of nitriles is 1. The molecule has 0 aliphatic carbocycles. The number of halogens is 5. The van der Waals surface area contributed by atoms with Gasteiger partial charge in [-0.2, -0.15) is 10.4 Å². The molecule has 0 aliphatic rings. The van der Waals surface area contributed by atoms with Gasteiger partial charge in [0.2, 0.25) is 0 Å². The van der Waals surface area contributed by atoms with E-state index in [1.807, 2.05) is 0 Å². The third-order valence-corrected chi connectivity index (χ3v) is 2.88. The van der Waals surface area contributed by atoms with E-state index in [-0.39, 0.29) is 27.1 Å². The van der Waals surface area contributed by atoms with E-state index in [4.69, 9.17) is 34.2 Å². The standard InChI is InChI=1S/C11H5Cl2F3N4O/c12-6-1-5(21-11(14,15)16)2-7(13)10(6)20-4-8(18)9(3-17)19-20/h1-2,4H,18H2. The van der Waals surface area contributed by atoms with Gasteiger partial charge in [0.05, 0.1) is 21.9 Å². The number of nitrogen functional groups attached to an aromatic ring is 1. The van der Waals surface area contributed by atoms with Gasteiger partial charge in [0.15, 0.2) is 5.69 Å². The molecule has 0 saturated carbocycles. The van der Waals surface area contributed by atoms with Gasteiger partial charge in [-0.1, -0.05) is 23.2 Å². The molecule has 2 aromatic rings. The molecule has 0 spiro atoms. The molecule has 21 heavy (non-hydrogen) atoms. The Morgan fingerprint density at radius 1 is 1.29 bits per heavy atom. The molecule has 1 aromatic carbocycles. The molecular weight excluding hydrogens is 332 g/mol. The molecule has 0 atom stereocenters. The van der Waals surface area contributed by atoms with Crippen LogP contribution in [0.4, 0.5) is 18.9 Å². The number of nitrogens with two attached hydrogens (primary N) is 1. The Hall–Kier alpha value is -2.11. The summed E-state index contributed by atoms with van der Waals surface area (Å²) in [5, 5.41) is 12.3. The molecular formula is C11H5Cl2F3N4O. The molecule has 10 heteroatoms. The van der Waals surface area contributed by atoms with Crippen molar-refractivity contribution in [2.75, 3.05) is 5.73 Å². The first-order valence-corrected chi connectivity index (χ1v) is 5.97. The average molecular weight is 337 g/mol. The number of ether oxygens (including phenoxy) is 1. The first-order valence-electron chi connectivity index (χ1n) is 5.21. The number of nitrogens with zero attached hydrogens (tertiary/aromatic N) is 3. The fourth-order valence-electron chi connectivity index (χ4n) is 1.54. The molecule has 1 heterocycles. The van der Waals surface area contributed by atoms with Crippen molar-refractivity contribution < 1.29 is 17.9 Å². The lowest BCUT2D eigenvalue weighted by molar-refractivity contribution is -0.274. The summed E-state index contributed by atoms with van der Waals surface area (Å²) in [4.78, 5) is 0. The Kier molecular flexibility index (Phi) is 3.89. The summed E-state index contributed by atoms with van der Waals surface area (Å²) >= 11 is 11.8. The highest BCUT2D eigenvalue weighted by atomic mass is 35.5. The lowest BCUT2D eigenvalue weighted by Gasteiger charge is -2.12. The summed E-state index contributed by atoms with van der Waals surface area (Å²) in [7, 11) is 0. The van der Waals surface area contributed by atoms with E-state index in [1.54, 1.807) is 6.07 Å². The highest BCUT2D eigenvalue weighted by molar-refractivity contribution is 6.38. The molecule has 2 N–H and O–H groups in total. The smallest absolute Gasteiger partial charge is 0.406 e. The zero-order valence-corrected chi connectivity index (χ0v) is 11.5. The molecule has 2 rings (SSSR count). The van der Waals surface area contributed by atoms with Gasteiger partial charge < -0.3 is 10.5 Å². The maximum absolute atomic E-state index is 12.2. The van der Waals surface area contributed by atoms with Crippen molar-refractivity contribution in [2.45, 2.75) is 6.36 Å². The molecule has 0 radical (unpaired) electrons. The molecule has 5 nitrogen and oxygen atoms in total. The molecule has 0 saturated heterocycles. The quantitative estimate of drug-likeness (QED) is 0.909. The summed E-state index contributed by atoms with van der Waals surface area (Å²) < 4.78 is 41.3. The summed E-state index contributed by atoms with van der Waals surface area (Å²) in [5.74, 6) is -0.568. The van der Waals surface area contributed by atoms with E-state index < -0.39 is 12.1 Å². The van der Waals surface area contributed by atoms with Crippen LogP contribution in [0.1, 0.15) is 5.69 Å². The molecule has 0 amide bonds. The third kappa shape index (κ3) is 3.32. The van der Waals surface area contributed by atoms with Crippen molar-refractivity contribution in [3.8, 4) is 17.5 Å². The minimum absolute atomic E-state index is 0.0576. The van der Waals surface area contributed by atoms with Gasteiger partial charge in [-0.05, 0) is 0 Å². The summed E-state index contributed by atoms with van der Waals surface area (Å²) in [6.07, 6.45) is -3.59. The fraction of sp³-hybridized carbons (Fsp3) is 0.0909. The van der Waals surface area contributed by atoms with Gasteiger partial charge in [-0.25, -0.2) is 4.68 Å². The van der Waals surface area contributed by atoms with Gasteiger partial charge in [-0.3, -0.25) is 0 Å². The van der Waals surface area contributed by atoms with Crippen LogP contribution < -0.4 is 10.5 Å². The zero-order chi connectivity index (χ0) is 15.8. The van der Waals surface area contributed by atoms with Crippen molar-refractivity contribution in [1.29, 1.82) is 5.26 Å². The van der Waals surface area contributed by atoms with Crippen molar-refractivity contribution in [3.05, 3.63) is 34.1 Å². The molecule has 1 aromatic heterocycles. The van der Waals surface area contributed by atoms with Crippen molar-refractivity contribution >= 4 is 28.9 Å². The van der Waals surface area contributed by atoms with Crippen LogP contribution in [-0.2, 0) is 0 Å². The monoisotopic (exact) mass is 336 g/mol. The van der Waals surface area contributed by atoms with Gasteiger partial charge in [0, 0.05) is 12.1 Å². The Morgan fingerprint density at radius 3 is 2.29 bits per heavy atom. The maximum atomic E-state index is 12.2. The second-order valence-corrected chi connectivity index (χ2v) is 4.59. The maximum Gasteiger partial charge on any atom is 0.573 e. The SMILES string of the molecule is N#Cc1nn(-c2c(Cl)cc(OC(F)(F)F)cc2Cl)cc1N. The summed E-state index contributed by atoms with van der Waals surface area (Å²) in [6, 6.07) is 3.61. The second kappa shape index (κ2) is 5.35. The van der Waals surface area contributed by atoms with E-state index in [1.165, 1.54) is 6.20 Å². The predicted octanol–water partition coefficient (Wildman–Crippen LogP) is 3.53. The highest BCUT2D eigenvalue weighted by Crippen LogP contribution is 2.35. The van der Waals surface area contributed by atoms with Crippen molar-refractivity contribution in [3.63, 3.8) is 0 Å². The van der Waals surface area contributed by atoms with Crippen LogP contribution in [0.2, 0.25) is 10.0 Å². The number of anilines is 1. The number of rotatable bonds is 2. The molecule has 0 bridgehead atoms. The largest absolute Gasteiger partial charge is 0.573 e. The Morgan fingerprint density at radius 2 is 1.86 bits per heavy atom. The minimum Gasteiger partial charge on any atom is -0.406 e. The van der Waals surface area contributed by atoms with Gasteiger partial charge in [-0.15, -0.1) is 13.2 Å². The van der Waals surface area contributed by atoms with Crippen molar-refractivity contribution in [2.24, 2.45) is 0 Å². The van der Waals surface area contributed by atoms with E-state index in [2.05, 4.69) is 9.84 Å². The van der Waals surface area contributed by atoms with Crippen LogP contribution in [0, 0.1) is 11.3 Å². The average Bonchev–Trinajstić information content (AvgIpc) is 2.67. The number of hydrogen-bond acceptors (Lipinski definition) is 4. The lowest BCUT2D eigenvalue weighted by Crippen LogP contribution is -2.17.